The van der Waals surface area contributed by atoms with Crippen molar-refractivity contribution in [2.75, 3.05) is 21.7 Å². The molecule has 0 aliphatic heterocycles. The Kier molecular flexibility index (Phi) is 28.3. The highest BCUT2D eigenvalue weighted by Crippen LogP contribution is 2.35. The molecule has 0 radical (unpaired) electrons. The number of urea groups is 1. The number of aromatic nitrogens is 2. The summed E-state index contributed by atoms with van der Waals surface area (Å²) in [6.45, 7) is 0.529. The lowest BCUT2D eigenvalue weighted by Gasteiger charge is -2.13. The van der Waals surface area contributed by atoms with Crippen LogP contribution in [0.15, 0.2) is 258 Å². The maximum Gasteiger partial charge on any atom is 0.417 e. The van der Waals surface area contributed by atoms with E-state index in [-0.39, 0.29) is 57.2 Å². The minimum atomic E-state index is -4.64. The normalized spacial score (nSPS) is 11.2. The Balaban J connectivity index is 0.000000220. The van der Waals surface area contributed by atoms with Crippen molar-refractivity contribution < 1.29 is 111 Å². The number of nitrogen functional groups attached to an aromatic ring is 1. The Morgan fingerprint density at radius 3 is 1.19 bits per heavy atom. The molecule has 0 aliphatic rings. The Bertz CT molecular complexity index is 4980. The summed E-state index contributed by atoms with van der Waals surface area (Å²) in [6.07, 6.45) is -10.1. The van der Waals surface area contributed by atoms with E-state index in [9.17, 15) is 99.4 Å². The number of alkyl halides is 9. The number of carbonyl (C=O) groups is 3. The topological polar surface area (TPSA) is 400 Å². The molecule has 2 aromatic heterocycles. The second-order valence-corrected chi connectivity index (χ2v) is 24.9. The van der Waals surface area contributed by atoms with Gasteiger partial charge in [-0.2, -0.15) is 64.8 Å². The fourth-order valence-electron chi connectivity index (χ4n) is 7.62. The van der Waals surface area contributed by atoms with E-state index >= 15 is 0 Å². The molecule has 2 heterocycles. The van der Waals surface area contributed by atoms with Gasteiger partial charge in [0.15, 0.2) is 17.2 Å². The molecule has 40 heteroatoms. The summed E-state index contributed by atoms with van der Waals surface area (Å²) in [5.74, 6) is -0.464. The van der Waals surface area contributed by atoms with Crippen molar-refractivity contribution in [1.82, 2.24) is 9.97 Å². The molecular formula is C65H49ClF9N9O18S3. The molecule has 27 nitrogen and oxygen atoms in total. The number of rotatable bonds is 17. The standard InChI is InChI=1S/C20H13F3N2O7S.C19H14F3N3O4S.C13H10F3NO3S.C7H4ClNO4.C6H8N2/c21-20(22,23)13-5-11-16(12-6-13)33(29,30)32-18-4-2-1-3-17(18)24-19(26)31-15-9-7-14(8-10-15)25(27)28;20-19(21,22)13-7-9-15(10-8-13)30(27,28)29-17-6-2-1-5-16(17)25-18(26)24-14-4-3-11-23-12-14;14-13(15,16)9-5-7-10(8-6-9)21(18,19)20-12-4-2-1-3-11(12)17;8-7(10)13-6-3-1-5(2-4-6)9(11)12;7-5-6-3-1-2-4-8-6/h1-12H,(H,24,26);1-12H,(H2,24,25,26);1-8H,17H2;1-4H;1-4H,5,7H2. The summed E-state index contributed by atoms with van der Waals surface area (Å²) in [7, 11) is -13.2. The molecule has 105 heavy (non-hydrogen) atoms. The number of benzene rings is 8. The van der Waals surface area contributed by atoms with Crippen molar-refractivity contribution in [2.45, 2.75) is 39.8 Å². The van der Waals surface area contributed by atoms with Gasteiger partial charge in [-0.25, -0.2) is 14.4 Å². The van der Waals surface area contributed by atoms with Gasteiger partial charge in [0.25, 0.3) is 11.4 Å². The second kappa shape index (κ2) is 36.4. The maximum absolute atomic E-state index is 12.7. The van der Waals surface area contributed by atoms with Crippen LogP contribution in [0.2, 0.25) is 0 Å². The number of nitrogens with one attached hydrogen (secondary N) is 3. The predicted octanol–water partition coefficient (Wildman–Crippen LogP) is 15.4. The van der Waals surface area contributed by atoms with Gasteiger partial charge in [-0.1, -0.05) is 42.5 Å². The number of anilines is 4. The molecule has 8 aromatic carbocycles. The molecule has 10 aromatic rings. The minimum absolute atomic E-state index is 0.0196. The van der Waals surface area contributed by atoms with Gasteiger partial charge in [0, 0.05) is 54.8 Å². The third-order valence-corrected chi connectivity index (χ3v) is 16.4. The first-order chi connectivity index (χ1) is 49.3. The molecule has 0 bridgehead atoms. The number of pyridine rings is 2. The van der Waals surface area contributed by atoms with Gasteiger partial charge >= 0.3 is 66.4 Å². The molecule has 10 rings (SSSR count). The molecular weight excluding hydrogens is 1500 g/mol. The highest BCUT2D eigenvalue weighted by Gasteiger charge is 2.34. The van der Waals surface area contributed by atoms with Crippen molar-refractivity contribution in [2.24, 2.45) is 5.73 Å². The molecule has 0 spiro atoms. The average Bonchev–Trinajstić information content (AvgIpc) is 0.815. The second-order valence-electron chi connectivity index (χ2n) is 19.9. The van der Waals surface area contributed by atoms with E-state index < -0.39 is 108 Å². The fraction of sp³-hybridized carbons (Fsp3) is 0.0615. The highest BCUT2D eigenvalue weighted by molar-refractivity contribution is 7.87. The summed E-state index contributed by atoms with van der Waals surface area (Å²) in [6, 6.07) is 43.4. The Morgan fingerprint density at radius 2 is 0.838 bits per heavy atom. The number of nitro groups is 2. The number of hydrogen-bond acceptors (Lipinski definition) is 22. The van der Waals surface area contributed by atoms with Crippen molar-refractivity contribution in [1.29, 1.82) is 0 Å². The van der Waals surface area contributed by atoms with E-state index in [0.717, 1.165) is 54.2 Å². The van der Waals surface area contributed by atoms with Gasteiger partial charge in [0.05, 0.1) is 61.2 Å². The van der Waals surface area contributed by atoms with Crippen LogP contribution in [0.5, 0.6) is 28.7 Å². The molecule has 0 unspecified atom stereocenters. The first kappa shape index (κ1) is 81.5. The van der Waals surface area contributed by atoms with Crippen molar-refractivity contribution in [3.8, 4) is 28.7 Å². The van der Waals surface area contributed by atoms with E-state index in [1.165, 1.54) is 116 Å². The van der Waals surface area contributed by atoms with Crippen molar-refractivity contribution >= 4 is 93.6 Å². The van der Waals surface area contributed by atoms with Crippen molar-refractivity contribution in [3.05, 3.63) is 286 Å². The van der Waals surface area contributed by atoms with Crippen LogP contribution in [-0.2, 0) is 55.4 Å². The van der Waals surface area contributed by atoms with E-state index in [1.54, 1.807) is 24.4 Å². The van der Waals surface area contributed by atoms with Crippen LogP contribution in [0.1, 0.15) is 22.4 Å². The number of nitrogens with two attached hydrogens (primary N) is 2. The monoisotopic (exact) mass is 1550 g/mol. The SMILES string of the molecule is NCc1ccccn1.Nc1ccccc1OS(=O)(=O)c1ccc(C(F)(F)F)cc1.O=C(Cl)Oc1ccc([N+](=O)[O-])cc1.O=C(Nc1ccccc1OS(=O)(=O)c1ccc(C(F)(F)F)cc1)Oc1ccc([N+](=O)[O-])cc1.O=C(Nc1cccnc1)Nc1ccccc1OS(=O)(=O)c1ccc(C(F)(F)F)cc1. The molecule has 0 fully saturated rings. The summed E-state index contributed by atoms with van der Waals surface area (Å²) < 4.78 is 211. The number of carbonyl (C=O) groups excluding carboxylic acids is 3. The molecule has 0 saturated heterocycles. The maximum atomic E-state index is 12.7. The number of ether oxygens (including phenoxy) is 2. The minimum Gasteiger partial charge on any atom is -0.414 e. The predicted molar refractivity (Wildman–Crippen MR) is 358 cm³/mol. The van der Waals surface area contributed by atoms with Gasteiger partial charge in [0.2, 0.25) is 0 Å². The Labute approximate surface area is 593 Å². The quantitative estimate of drug-likeness (QED) is 0.0141. The molecule has 0 saturated carbocycles. The number of nitro benzene ring substituents is 2. The van der Waals surface area contributed by atoms with Gasteiger partial charge in [-0.3, -0.25) is 35.5 Å². The summed E-state index contributed by atoms with van der Waals surface area (Å²) in [5.41, 5.74) is 7.98. The van der Waals surface area contributed by atoms with Crippen LogP contribution in [0.4, 0.5) is 88.0 Å². The zero-order chi connectivity index (χ0) is 77.3. The molecule has 7 N–H and O–H groups in total. The first-order valence-corrected chi connectivity index (χ1v) is 33.2. The number of hydrogen-bond donors (Lipinski definition) is 5. The smallest absolute Gasteiger partial charge is 0.414 e. The lowest BCUT2D eigenvalue weighted by Crippen LogP contribution is -2.20. The number of halogens is 10. The summed E-state index contributed by atoms with van der Waals surface area (Å²) in [4.78, 5) is 60.6. The van der Waals surface area contributed by atoms with E-state index in [2.05, 4.69) is 30.7 Å². The van der Waals surface area contributed by atoms with Gasteiger partial charge in [0.1, 0.15) is 26.2 Å². The summed E-state index contributed by atoms with van der Waals surface area (Å²) >= 11 is 4.92. The molecule has 0 atom stereocenters. The van der Waals surface area contributed by atoms with E-state index in [1.807, 2.05) is 18.2 Å². The number of non-ortho nitro benzene ring substituents is 2. The van der Waals surface area contributed by atoms with Crippen LogP contribution in [-0.4, -0.2) is 62.6 Å². The Hall–Kier alpha value is -12.5. The lowest BCUT2D eigenvalue weighted by molar-refractivity contribution is -0.385. The van der Waals surface area contributed by atoms with Crippen LogP contribution < -0.4 is 49.4 Å². The van der Waals surface area contributed by atoms with E-state index in [4.69, 9.17) is 40.4 Å². The zero-order valence-electron chi connectivity index (χ0n) is 52.6. The number of amides is 3. The molecule has 3 amide bonds. The fourth-order valence-corrected chi connectivity index (χ4v) is 10.6. The van der Waals surface area contributed by atoms with Crippen LogP contribution >= 0.6 is 11.6 Å². The van der Waals surface area contributed by atoms with Crippen LogP contribution in [0, 0.1) is 20.2 Å². The van der Waals surface area contributed by atoms with Gasteiger partial charge < -0.3 is 44.1 Å². The van der Waals surface area contributed by atoms with Crippen molar-refractivity contribution in [3.63, 3.8) is 0 Å². The third-order valence-electron chi connectivity index (χ3n) is 12.5. The largest absolute Gasteiger partial charge is 0.417 e. The number of nitrogens with zero attached hydrogens (tertiary/aromatic N) is 4. The van der Waals surface area contributed by atoms with Gasteiger partial charge in [-0.15, -0.1) is 0 Å². The number of para-hydroxylation sites is 6. The average molecular weight is 1550 g/mol. The Morgan fingerprint density at radius 1 is 0.457 bits per heavy atom. The third kappa shape index (κ3) is 26.1. The molecule has 550 valence electrons. The van der Waals surface area contributed by atoms with E-state index in [0.29, 0.717) is 48.6 Å². The lowest BCUT2D eigenvalue weighted by atomic mass is 10.2. The highest BCUT2D eigenvalue weighted by atomic mass is 35.5. The first-order valence-electron chi connectivity index (χ1n) is 28.6. The van der Waals surface area contributed by atoms with Crippen LogP contribution in [0.3, 0.4) is 0 Å². The zero-order valence-corrected chi connectivity index (χ0v) is 55.8. The summed E-state index contributed by atoms with van der Waals surface area (Å²) in [5, 5.41) is 28.1. The molecule has 0 aliphatic carbocycles. The van der Waals surface area contributed by atoms with Gasteiger partial charge in [-0.05, 0) is 158 Å². The van der Waals surface area contributed by atoms with Crippen LogP contribution in [0.25, 0.3) is 0 Å².